The quantitative estimate of drug-likeness (QED) is 0.219. The molecule has 2 heterocycles. The van der Waals surface area contributed by atoms with E-state index in [-0.39, 0.29) is 6.42 Å². The van der Waals surface area contributed by atoms with Crippen LogP contribution in [0.3, 0.4) is 0 Å². The van der Waals surface area contributed by atoms with Crippen molar-refractivity contribution in [3.8, 4) is 22.8 Å². The van der Waals surface area contributed by atoms with Gasteiger partial charge in [0, 0.05) is 17.3 Å². The molecule has 0 saturated heterocycles. The van der Waals surface area contributed by atoms with E-state index in [1.54, 1.807) is 12.3 Å². The number of rotatable bonds is 4. The fourth-order valence-corrected chi connectivity index (χ4v) is 5.75. The number of aromatic nitrogens is 1. The van der Waals surface area contributed by atoms with Gasteiger partial charge >= 0.3 is 6.18 Å². The molecule has 1 aliphatic rings. The molecule has 0 unspecified atom stereocenters. The van der Waals surface area contributed by atoms with Gasteiger partial charge in [0.05, 0.1) is 16.5 Å². The van der Waals surface area contributed by atoms with Crippen LogP contribution in [-0.4, -0.2) is 11.2 Å². The van der Waals surface area contributed by atoms with Crippen LogP contribution in [0.25, 0.3) is 43.6 Å². The molecule has 2 nitrogen and oxygen atoms in total. The van der Waals surface area contributed by atoms with Gasteiger partial charge in [-0.15, -0.1) is 0 Å². The molecule has 0 amide bonds. The van der Waals surface area contributed by atoms with Crippen LogP contribution in [0.15, 0.2) is 60.8 Å². The van der Waals surface area contributed by atoms with Crippen molar-refractivity contribution in [1.29, 1.82) is 0 Å². The second kappa shape index (κ2) is 8.45. The molecule has 1 aromatic heterocycles. The smallest absolute Gasteiger partial charge is 0.394 e. The molecule has 0 spiro atoms. The van der Waals surface area contributed by atoms with E-state index in [1.807, 2.05) is 24.3 Å². The Hall–Kier alpha value is -3.60. The molecule has 0 N–H and O–H groups in total. The van der Waals surface area contributed by atoms with E-state index >= 15 is 0 Å². The van der Waals surface area contributed by atoms with Gasteiger partial charge in [-0.2, -0.15) is 13.2 Å². The van der Waals surface area contributed by atoms with E-state index in [0.29, 0.717) is 11.5 Å². The summed E-state index contributed by atoms with van der Waals surface area (Å²) in [5, 5.41) is 5.99. The highest BCUT2D eigenvalue weighted by Crippen LogP contribution is 2.50. The summed E-state index contributed by atoms with van der Waals surface area (Å²) in [6.07, 6.45) is -1.56. The lowest BCUT2D eigenvalue weighted by Crippen LogP contribution is -2.34. The molecule has 0 bridgehead atoms. The Labute approximate surface area is 220 Å². The average molecular weight is 514 g/mol. The number of hydrogen-bond acceptors (Lipinski definition) is 2. The zero-order valence-corrected chi connectivity index (χ0v) is 22.3. The van der Waals surface area contributed by atoms with Crippen LogP contribution in [0.5, 0.6) is 11.5 Å². The zero-order valence-electron chi connectivity index (χ0n) is 22.3. The summed E-state index contributed by atoms with van der Waals surface area (Å²) in [6.45, 7) is 9.03. The largest absolute Gasteiger partial charge is 0.456 e. The van der Waals surface area contributed by atoms with Gasteiger partial charge in [-0.1, -0.05) is 64.1 Å². The minimum atomic E-state index is -4.28. The molecular weight excluding hydrogens is 483 g/mol. The highest BCUT2D eigenvalue weighted by atomic mass is 19.4. The maximum absolute atomic E-state index is 13.6. The maximum atomic E-state index is 13.6. The maximum Gasteiger partial charge on any atom is 0.394 e. The van der Waals surface area contributed by atoms with Crippen molar-refractivity contribution < 1.29 is 17.9 Å². The number of ether oxygens (including phenoxy) is 1. The van der Waals surface area contributed by atoms with E-state index in [2.05, 4.69) is 45.0 Å². The van der Waals surface area contributed by atoms with Crippen LogP contribution in [-0.2, 0) is 12.8 Å². The number of benzene rings is 4. The third-order valence-corrected chi connectivity index (χ3v) is 7.82. The van der Waals surface area contributed by atoms with Crippen LogP contribution in [0.4, 0.5) is 13.2 Å². The average Bonchev–Trinajstić information content (AvgIpc) is 2.84. The minimum Gasteiger partial charge on any atom is -0.456 e. The first-order valence-electron chi connectivity index (χ1n) is 13.1. The Bertz CT molecular complexity index is 1750. The van der Waals surface area contributed by atoms with E-state index in [1.165, 1.54) is 19.4 Å². The molecule has 0 atom stereocenters. The molecule has 38 heavy (non-hydrogen) atoms. The van der Waals surface area contributed by atoms with Gasteiger partial charge in [0.2, 0.25) is 0 Å². The van der Waals surface area contributed by atoms with E-state index in [9.17, 15) is 13.2 Å². The summed E-state index contributed by atoms with van der Waals surface area (Å²) in [5.74, 6) is 2.10. The summed E-state index contributed by atoms with van der Waals surface area (Å²) in [4.78, 5) is 4.79. The Morgan fingerprint density at radius 1 is 0.842 bits per heavy atom. The summed E-state index contributed by atoms with van der Waals surface area (Å²) in [6, 6.07) is 18.3. The number of hydrogen-bond donors (Lipinski definition) is 0. The molecule has 194 valence electrons. The minimum absolute atomic E-state index is 0.0865. The topological polar surface area (TPSA) is 22.1 Å². The lowest BCUT2D eigenvalue weighted by Gasteiger charge is -2.28. The van der Waals surface area contributed by atoms with Crippen LogP contribution in [0.1, 0.15) is 44.4 Å². The molecule has 1 aliphatic heterocycles. The number of nitrogens with zero attached hydrogens (tertiary/aromatic N) is 1. The van der Waals surface area contributed by atoms with Crippen LogP contribution >= 0.6 is 0 Å². The van der Waals surface area contributed by atoms with Crippen LogP contribution in [0.2, 0.25) is 0 Å². The lowest BCUT2D eigenvalue weighted by molar-refractivity contribution is -0.211. The molecule has 4 aromatic carbocycles. The van der Waals surface area contributed by atoms with E-state index in [0.717, 1.165) is 67.1 Å². The third-order valence-electron chi connectivity index (χ3n) is 7.82. The molecule has 5 heteroatoms. The normalized spacial score (nSPS) is 13.4. The van der Waals surface area contributed by atoms with Gasteiger partial charge in [-0.05, 0) is 81.9 Å². The van der Waals surface area contributed by atoms with Crippen molar-refractivity contribution in [1.82, 2.24) is 4.98 Å². The predicted molar refractivity (Wildman–Crippen MR) is 149 cm³/mol. The second-order valence-electron chi connectivity index (χ2n) is 11.7. The summed E-state index contributed by atoms with van der Waals surface area (Å²) < 4.78 is 47.3. The predicted octanol–water partition coefficient (Wildman–Crippen LogP) is 9.95. The van der Waals surface area contributed by atoms with Crippen LogP contribution < -0.4 is 4.74 Å². The number of aryl methyl sites for hydroxylation is 1. The standard InChI is InChI=1S/C33H30F3NO/c1-18(2)12-20-7-9-24-19(3)31-27(15-23(24)13-20)30-29-25(10-11-37-30)26-14-21(17-32(4,5)33(34,35)36)6-8-22(26)16-28(29)38-31/h6-11,13-16,18H,12,17H2,1-5H3. The Kier molecular flexibility index (Phi) is 5.50. The second-order valence-corrected chi connectivity index (χ2v) is 11.7. The first kappa shape index (κ1) is 24.7. The number of fused-ring (bicyclic) bond motifs is 5. The van der Waals surface area contributed by atoms with Gasteiger partial charge in [-0.3, -0.25) is 4.98 Å². The molecule has 0 saturated carbocycles. The highest BCUT2D eigenvalue weighted by Gasteiger charge is 2.47. The fourth-order valence-electron chi connectivity index (χ4n) is 5.75. The Morgan fingerprint density at radius 3 is 2.34 bits per heavy atom. The summed E-state index contributed by atoms with van der Waals surface area (Å²) in [7, 11) is 0. The van der Waals surface area contributed by atoms with Crippen molar-refractivity contribution in [2.45, 2.75) is 53.6 Å². The summed E-state index contributed by atoms with van der Waals surface area (Å²) >= 11 is 0. The fraction of sp³-hybridized carbons (Fsp3) is 0.303. The van der Waals surface area contributed by atoms with Crippen molar-refractivity contribution in [3.05, 3.63) is 77.5 Å². The molecule has 0 fully saturated rings. The summed E-state index contributed by atoms with van der Waals surface area (Å²) in [5.41, 5.74) is 3.01. The monoisotopic (exact) mass is 513 g/mol. The van der Waals surface area contributed by atoms with Crippen LogP contribution in [0, 0.1) is 18.3 Å². The Morgan fingerprint density at radius 2 is 1.61 bits per heavy atom. The first-order chi connectivity index (χ1) is 17.9. The van der Waals surface area contributed by atoms with Gasteiger partial charge in [0.25, 0.3) is 0 Å². The highest BCUT2D eigenvalue weighted by molar-refractivity contribution is 6.16. The Balaban J connectivity index is 1.55. The zero-order chi connectivity index (χ0) is 27.0. The molecular formula is C33H30F3NO. The van der Waals surface area contributed by atoms with E-state index in [4.69, 9.17) is 9.72 Å². The number of alkyl halides is 3. The van der Waals surface area contributed by atoms with Crippen molar-refractivity contribution in [2.24, 2.45) is 11.3 Å². The van der Waals surface area contributed by atoms with E-state index < -0.39 is 11.6 Å². The van der Waals surface area contributed by atoms with Crippen molar-refractivity contribution in [3.63, 3.8) is 0 Å². The molecule has 5 aromatic rings. The van der Waals surface area contributed by atoms with Gasteiger partial charge in [0.15, 0.2) is 0 Å². The number of pyridine rings is 1. The van der Waals surface area contributed by atoms with Crippen molar-refractivity contribution >= 4 is 32.3 Å². The SMILES string of the molecule is Cc1c2c(cc3cc(CC(C)C)ccc13)-c1nccc3c1c(cc1ccc(CC(C)(C)C(F)(F)F)cc13)O2. The van der Waals surface area contributed by atoms with Gasteiger partial charge in [0.1, 0.15) is 11.5 Å². The van der Waals surface area contributed by atoms with Gasteiger partial charge < -0.3 is 4.74 Å². The third kappa shape index (κ3) is 3.91. The number of halogens is 3. The van der Waals surface area contributed by atoms with Gasteiger partial charge in [-0.25, -0.2) is 0 Å². The molecule has 0 aliphatic carbocycles. The molecule has 6 rings (SSSR count). The molecule has 0 radical (unpaired) electrons. The first-order valence-corrected chi connectivity index (χ1v) is 13.1. The van der Waals surface area contributed by atoms with Crippen molar-refractivity contribution in [2.75, 3.05) is 0 Å². The lowest BCUT2D eigenvalue weighted by atomic mass is 9.84.